The summed E-state index contributed by atoms with van der Waals surface area (Å²) < 4.78 is 0. The summed E-state index contributed by atoms with van der Waals surface area (Å²) in [7, 11) is 0. The van der Waals surface area contributed by atoms with E-state index in [-0.39, 0.29) is 24.0 Å². The van der Waals surface area contributed by atoms with Crippen LogP contribution in [0.2, 0.25) is 5.02 Å². The van der Waals surface area contributed by atoms with Gasteiger partial charge in [-0.05, 0) is 53.5 Å². The quantitative estimate of drug-likeness (QED) is 0.480. The molecule has 10 heteroatoms. The molecule has 7 nitrogen and oxygen atoms in total. The second-order valence-corrected chi connectivity index (χ2v) is 9.01. The monoisotopic (exact) mass is 498 g/mol. The lowest BCUT2D eigenvalue weighted by Gasteiger charge is -2.24. The smallest absolute Gasteiger partial charge is 0.279 e. The zero-order chi connectivity index (χ0) is 23.4. The van der Waals surface area contributed by atoms with Gasteiger partial charge < -0.3 is 5.32 Å². The van der Waals surface area contributed by atoms with Crippen LogP contribution in [0.5, 0.6) is 0 Å². The van der Waals surface area contributed by atoms with Crippen LogP contribution in [0.1, 0.15) is 21.7 Å². The van der Waals surface area contributed by atoms with Crippen molar-refractivity contribution >= 4 is 63.7 Å². The number of rotatable bonds is 7. The van der Waals surface area contributed by atoms with Crippen molar-refractivity contribution in [2.45, 2.75) is 19.0 Å². The van der Waals surface area contributed by atoms with Crippen molar-refractivity contribution in [2.24, 2.45) is 0 Å². The van der Waals surface area contributed by atoms with Gasteiger partial charge in [-0.2, -0.15) is 0 Å². The molecule has 1 fully saturated rings. The van der Waals surface area contributed by atoms with Crippen molar-refractivity contribution in [3.8, 4) is 0 Å². The minimum absolute atomic E-state index is 0.137. The highest BCUT2D eigenvalue weighted by atomic mass is 35.5. The maximum atomic E-state index is 13.3. The van der Waals surface area contributed by atoms with Crippen molar-refractivity contribution in [1.82, 2.24) is 15.3 Å². The molecule has 1 aliphatic rings. The first-order chi connectivity index (χ1) is 15.9. The first-order valence-corrected chi connectivity index (χ1v) is 11.7. The summed E-state index contributed by atoms with van der Waals surface area (Å²) in [6.45, 7) is 0.235. The average molecular weight is 499 g/mol. The van der Waals surface area contributed by atoms with Crippen LogP contribution in [0.25, 0.3) is 0 Å². The molecule has 0 saturated carbocycles. The Morgan fingerprint density at radius 2 is 1.76 bits per heavy atom. The molecule has 0 bridgehead atoms. The summed E-state index contributed by atoms with van der Waals surface area (Å²) in [5.74, 6) is -1.15. The Bertz CT molecular complexity index is 1170. The van der Waals surface area contributed by atoms with Gasteiger partial charge in [0, 0.05) is 10.7 Å². The Morgan fingerprint density at radius 1 is 1.03 bits per heavy atom. The van der Waals surface area contributed by atoms with Gasteiger partial charge in [0.25, 0.3) is 11.8 Å². The molecule has 0 radical (unpaired) electrons. The third-order valence-electron chi connectivity index (χ3n) is 4.96. The number of thiocarbonyl (C=S) groups is 1. The molecule has 2 N–H and O–H groups in total. The highest BCUT2D eigenvalue weighted by Crippen LogP contribution is 2.23. The number of amides is 3. The molecule has 0 spiro atoms. The molecule has 3 aromatic rings. The number of hydrogen-bond donors (Lipinski definition) is 2. The molecule has 168 valence electrons. The Balaban J connectivity index is 1.54. The van der Waals surface area contributed by atoms with Gasteiger partial charge in [-0.3, -0.25) is 24.7 Å². The second-order valence-electron chi connectivity index (χ2n) is 7.26. The fraction of sp³-hybridized carbons (Fsp3) is 0.130. The lowest BCUT2D eigenvalue weighted by molar-refractivity contribution is -0.131. The third-order valence-corrected chi connectivity index (χ3v) is 6.49. The number of hydrazine groups is 1. The molecule has 2 aromatic carbocycles. The van der Waals surface area contributed by atoms with E-state index in [4.69, 9.17) is 23.8 Å². The van der Waals surface area contributed by atoms with E-state index in [1.54, 1.807) is 41.8 Å². The number of hydrogen-bond acceptors (Lipinski definition) is 5. The van der Waals surface area contributed by atoms with Gasteiger partial charge in [-0.1, -0.05) is 48.0 Å². The van der Waals surface area contributed by atoms with Gasteiger partial charge in [-0.25, -0.2) is 5.01 Å². The molecule has 1 saturated heterocycles. The van der Waals surface area contributed by atoms with Gasteiger partial charge in [0.05, 0.1) is 17.8 Å². The predicted octanol–water partition coefficient (Wildman–Crippen LogP) is 4.07. The highest BCUT2D eigenvalue weighted by Gasteiger charge is 2.44. The summed E-state index contributed by atoms with van der Waals surface area (Å²) in [6.07, 6.45) is -0.197. The Hall–Kier alpha value is -3.27. The SMILES string of the molecule is O=C(CC1C(=O)N(Cc2ccccc2)C(=S)N1NC(=O)c1cccs1)Nc1ccc(Cl)cc1. The standard InChI is InChI=1S/C23H19ClN4O3S2/c24-16-8-10-17(11-9-16)25-20(29)13-18-22(31)27(14-15-5-2-1-3-6-15)23(32)28(18)26-21(30)19-7-4-12-33-19/h1-12,18H,13-14H2,(H,25,29)(H,26,30). The van der Waals surface area contributed by atoms with E-state index in [9.17, 15) is 14.4 Å². The number of carbonyl (C=O) groups is 3. The highest BCUT2D eigenvalue weighted by molar-refractivity contribution is 7.80. The fourth-order valence-electron chi connectivity index (χ4n) is 3.36. The van der Waals surface area contributed by atoms with Gasteiger partial charge in [-0.15, -0.1) is 11.3 Å². The molecule has 0 aliphatic carbocycles. The van der Waals surface area contributed by atoms with Gasteiger partial charge in [0.2, 0.25) is 5.91 Å². The molecule has 4 rings (SSSR count). The number of anilines is 1. The van der Waals surface area contributed by atoms with Crippen LogP contribution in [-0.2, 0) is 16.1 Å². The zero-order valence-electron chi connectivity index (χ0n) is 17.2. The van der Waals surface area contributed by atoms with E-state index in [0.29, 0.717) is 15.6 Å². The van der Waals surface area contributed by atoms with E-state index in [1.807, 2.05) is 30.3 Å². The van der Waals surface area contributed by atoms with Crippen LogP contribution >= 0.6 is 35.2 Å². The van der Waals surface area contributed by atoms with E-state index in [2.05, 4.69) is 10.7 Å². The molecule has 1 unspecified atom stereocenters. The fourth-order valence-corrected chi connectivity index (χ4v) is 4.42. The Kier molecular flexibility index (Phi) is 7.02. The maximum absolute atomic E-state index is 13.3. The van der Waals surface area contributed by atoms with Gasteiger partial charge in [0.1, 0.15) is 6.04 Å². The summed E-state index contributed by atoms with van der Waals surface area (Å²) in [4.78, 5) is 40.6. The van der Waals surface area contributed by atoms with Crippen molar-refractivity contribution in [3.63, 3.8) is 0 Å². The lowest BCUT2D eigenvalue weighted by atomic mass is 10.1. The van der Waals surface area contributed by atoms with Crippen molar-refractivity contribution in [1.29, 1.82) is 0 Å². The molecule has 1 atom stereocenters. The van der Waals surface area contributed by atoms with E-state index >= 15 is 0 Å². The van der Waals surface area contributed by atoms with Crippen molar-refractivity contribution in [3.05, 3.63) is 87.6 Å². The molecule has 1 aliphatic heterocycles. The van der Waals surface area contributed by atoms with E-state index in [1.165, 1.54) is 21.2 Å². The molecule has 3 amide bonds. The number of thiophene rings is 1. The summed E-state index contributed by atoms with van der Waals surface area (Å²) in [6, 6.07) is 18.5. The molecular weight excluding hydrogens is 480 g/mol. The summed E-state index contributed by atoms with van der Waals surface area (Å²) >= 11 is 12.7. The summed E-state index contributed by atoms with van der Waals surface area (Å²) in [5.41, 5.74) is 4.14. The second kappa shape index (κ2) is 10.1. The van der Waals surface area contributed by atoms with Crippen LogP contribution in [0.4, 0.5) is 5.69 Å². The summed E-state index contributed by atoms with van der Waals surface area (Å²) in [5, 5.41) is 6.52. The zero-order valence-corrected chi connectivity index (χ0v) is 19.6. The molecular formula is C23H19ClN4O3S2. The van der Waals surface area contributed by atoms with Crippen LogP contribution in [0.3, 0.4) is 0 Å². The largest absolute Gasteiger partial charge is 0.326 e. The average Bonchev–Trinajstić information content (AvgIpc) is 3.42. The van der Waals surface area contributed by atoms with Crippen molar-refractivity contribution in [2.75, 3.05) is 5.32 Å². The number of nitrogens with one attached hydrogen (secondary N) is 2. The van der Waals surface area contributed by atoms with Crippen LogP contribution in [-0.4, -0.2) is 38.8 Å². The molecule has 2 heterocycles. The van der Waals surface area contributed by atoms with Crippen molar-refractivity contribution < 1.29 is 14.4 Å². The number of carbonyl (C=O) groups excluding carboxylic acids is 3. The number of halogens is 1. The van der Waals surface area contributed by atoms with Crippen LogP contribution in [0, 0.1) is 0 Å². The van der Waals surface area contributed by atoms with E-state index in [0.717, 1.165) is 5.56 Å². The first-order valence-electron chi connectivity index (χ1n) is 10.0. The third kappa shape index (κ3) is 5.39. The Morgan fingerprint density at radius 3 is 2.42 bits per heavy atom. The number of benzene rings is 2. The predicted molar refractivity (Wildman–Crippen MR) is 132 cm³/mol. The normalized spacial score (nSPS) is 15.6. The van der Waals surface area contributed by atoms with E-state index < -0.39 is 17.9 Å². The lowest BCUT2D eigenvalue weighted by Crippen LogP contribution is -2.49. The van der Waals surface area contributed by atoms with Gasteiger partial charge >= 0.3 is 0 Å². The maximum Gasteiger partial charge on any atom is 0.279 e. The van der Waals surface area contributed by atoms with Gasteiger partial charge in [0.15, 0.2) is 5.11 Å². The topological polar surface area (TPSA) is 81.8 Å². The minimum atomic E-state index is -0.975. The van der Waals surface area contributed by atoms with Crippen LogP contribution < -0.4 is 10.7 Å². The molecule has 33 heavy (non-hydrogen) atoms. The number of nitrogens with zero attached hydrogens (tertiary/aromatic N) is 2. The minimum Gasteiger partial charge on any atom is -0.326 e. The Labute approximate surface area is 204 Å². The first kappa shape index (κ1) is 22.9. The van der Waals surface area contributed by atoms with Crippen LogP contribution in [0.15, 0.2) is 72.1 Å². The molecule has 1 aromatic heterocycles.